The van der Waals surface area contributed by atoms with Crippen LogP contribution in [0.4, 0.5) is 5.69 Å². The molecule has 0 bridgehead atoms. The van der Waals surface area contributed by atoms with Crippen LogP contribution < -0.4 is 10.8 Å². The summed E-state index contributed by atoms with van der Waals surface area (Å²) < 4.78 is 1.98. The molecule has 0 aliphatic carbocycles. The maximum absolute atomic E-state index is 9.09. The molecular formula is C19H23N5O. The lowest BCUT2D eigenvalue weighted by atomic mass is 10.0. The fourth-order valence-electron chi connectivity index (χ4n) is 3.06. The van der Waals surface area contributed by atoms with Crippen LogP contribution in [0, 0.1) is 26.2 Å². The molecule has 4 N–H and O–H groups in total. The summed E-state index contributed by atoms with van der Waals surface area (Å²) in [6.07, 6.45) is 0. The standard InChI is InChI=1S/C19H23N5O/c1-11-6-5-7-12(2)15(11)10-21-16-8-14(19(20)23-25)9-17-18(16)22-13(3)24(17)4/h5-9,21,25H,10H2,1-4H3,(H2,20,23). The average molecular weight is 337 g/mol. The second-order valence-corrected chi connectivity index (χ2v) is 6.32. The van der Waals surface area contributed by atoms with Gasteiger partial charge in [0.2, 0.25) is 0 Å². The van der Waals surface area contributed by atoms with Crippen LogP contribution in [0.1, 0.15) is 28.1 Å². The first-order valence-electron chi connectivity index (χ1n) is 8.17. The van der Waals surface area contributed by atoms with E-state index in [0.717, 1.165) is 22.5 Å². The van der Waals surface area contributed by atoms with Gasteiger partial charge in [0.25, 0.3) is 0 Å². The number of amidine groups is 1. The van der Waals surface area contributed by atoms with Gasteiger partial charge in [-0.25, -0.2) is 4.98 Å². The van der Waals surface area contributed by atoms with Crippen molar-refractivity contribution in [3.05, 3.63) is 58.4 Å². The molecule has 6 heteroatoms. The fraction of sp³-hybridized carbons (Fsp3) is 0.263. The highest BCUT2D eigenvalue weighted by molar-refractivity contribution is 6.02. The molecule has 2 aromatic carbocycles. The Kier molecular flexibility index (Phi) is 4.46. The van der Waals surface area contributed by atoms with Crippen molar-refractivity contribution in [2.45, 2.75) is 27.3 Å². The smallest absolute Gasteiger partial charge is 0.149 e. The van der Waals surface area contributed by atoms with Crippen LogP contribution >= 0.6 is 0 Å². The number of imidazole rings is 1. The van der Waals surface area contributed by atoms with E-state index in [4.69, 9.17) is 10.6 Å². The molecule has 0 atom stereocenters. The van der Waals surface area contributed by atoms with Gasteiger partial charge in [-0.3, -0.25) is 16.1 Å². The number of benzene rings is 2. The lowest BCUT2D eigenvalue weighted by Gasteiger charge is -2.14. The van der Waals surface area contributed by atoms with Gasteiger partial charge in [-0.05, 0) is 49.6 Å². The van der Waals surface area contributed by atoms with Gasteiger partial charge in [0.1, 0.15) is 17.2 Å². The van der Waals surface area contributed by atoms with Gasteiger partial charge < -0.3 is 9.88 Å². The van der Waals surface area contributed by atoms with E-state index in [1.54, 1.807) is 0 Å². The Morgan fingerprint density at radius 1 is 1.20 bits per heavy atom. The van der Waals surface area contributed by atoms with Gasteiger partial charge >= 0.3 is 0 Å². The minimum atomic E-state index is -0.0455. The third-order valence-corrected chi connectivity index (χ3v) is 4.71. The van der Waals surface area contributed by atoms with Gasteiger partial charge in [-0.15, -0.1) is 0 Å². The lowest BCUT2D eigenvalue weighted by molar-refractivity contribution is 0.234. The summed E-state index contributed by atoms with van der Waals surface area (Å²) in [6, 6.07) is 9.96. The molecule has 0 saturated heterocycles. The maximum atomic E-state index is 9.09. The number of nitrogens with one attached hydrogen (secondary N) is 3. The highest BCUT2D eigenvalue weighted by atomic mass is 16.5. The second kappa shape index (κ2) is 6.57. The SMILES string of the molecule is Cc1cccc(C)c1CNc1cc(C(=N)NO)cc2c1nc(C)n2C. The molecule has 0 spiro atoms. The molecule has 3 rings (SSSR count). The van der Waals surface area contributed by atoms with Crippen LogP contribution in [0.3, 0.4) is 0 Å². The van der Waals surface area contributed by atoms with E-state index in [1.165, 1.54) is 16.7 Å². The van der Waals surface area contributed by atoms with E-state index in [2.05, 4.69) is 42.3 Å². The molecule has 1 heterocycles. The Labute approximate surface area is 147 Å². The average Bonchev–Trinajstić information content (AvgIpc) is 2.88. The Balaban J connectivity index is 2.05. The number of rotatable bonds is 4. The van der Waals surface area contributed by atoms with Crippen molar-refractivity contribution in [2.24, 2.45) is 7.05 Å². The van der Waals surface area contributed by atoms with E-state index in [9.17, 15) is 0 Å². The first-order chi connectivity index (χ1) is 11.9. The topological polar surface area (TPSA) is 86.0 Å². The monoisotopic (exact) mass is 337 g/mol. The predicted molar refractivity (Wildman–Crippen MR) is 100 cm³/mol. The van der Waals surface area contributed by atoms with Crippen LogP contribution in [-0.4, -0.2) is 20.6 Å². The summed E-state index contributed by atoms with van der Waals surface area (Å²) in [5.74, 6) is 0.849. The highest BCUT2D eigenvalue weighted by Gasteiger charge is 2.13. The largest absolute Gasteiger partial charge is 0.379 e. The summed E-state index contributed by atoms with van der Waals surface area (Å²) in [7, 11) is 1.94. The molecule has 0 unspecified atom stereocenters. The fourth-order valence-corrected chi connectivity index (χ4v) is 3.06. The van der Waals surface area contributed by atoms with E-state index < -0.39 is 0 Å². The van der Waals surface area contributed by atoms with E-state index >= 15 is 0 Å². The minimum absolute atomic E-state index is 0.0455. The number of aromatic nitrogens is 2. The van der Waals surface area contributed by atoms with Gasteiger partial charge in [-0.1, -0.05) is 18.2 Å². The summed E-state index contributed by atoms with van der Waals surface area (Å²) >= 11 is 0. The van der Waals surface area contributed by atoms with Gasteiger partial charge in [0, 0.05) is 19.2 Å². The summed E-state index contributed by atoms with van der Waals surface area (Å²) in [6.45, 7) is 6.83. The van der Waals surface area contributed by atoms with Crippen LogP contribution in [0.15, 0.2) is 30.3 Å². The van der Waals surface area contributed by atoms with Gasteiger partial charge in [-0.2, -0.15) is 0 Å². The number of hydroxylamine groups is 1. The van der Waals surface area contributed by atoms with Crippen molar-refractivity contribution in [3.8, 4) is 0 Å². The summed E-state index contributed by atoms with van der Waals surface area (Å²) in [5.41, 5.74) is 8.87. The minimum Gasteiger partial charge on any atom is -0.379 e. The number of aryl methyl sites for hydroxylation is 4. The van der Waals surface area contributed by atoms with E-state index in [1.807, 2.05) is 36.2 Å². The summed E-state index contributed by atoms with van der Waals surface area (Å²) in [4.78, 5) is 4.64. The Bertz CT molecular complexity index is 938. The summed E-state index contributed by atoms with van der Waals surface area (Å²) in [5, 5.41) is 20.4. The Morgan fingerprint density at radius 2 is 1.88 bits per heavy atom. The number of hydrogen-bond acceptors (Lipinski definition) is 4. The number of hydrogen-bond donors (Lipinski definition) is 4. The lowest BCUT2D eigenvalue weighted by Crippen LogP contribution is -2.19. The van der Waals surface area contributed by atoms with Crippen LogP contribution in [0.5, 0.6) is 0 Å². The molecule has 6 nitrogen and oxygen atoms in total. The molecule has 0 aliphatic heterocycles. The first kappa shape index (κ1) is 17.0. The van der Waals surface area contributed by atoms with Gasteiger partial charge in [0.05, 0.1) is 11.2 Å². The van der Waals surface area contributed by atoms with Crippen LogP contribution in [-0.2, 0) is 13.6 Å². The predicted octanol–water partition coefficient (Wildman–Crippen LogP) is 3.41. The Morgan fingerprint density at radius 3 is 2.52 bits per heavy atom. The first-order valence-corrected chi connectivity index (χ1v) is 8.17. The number of fused-ring (bicyclic) bond motifs is 1. The van der Waals surface area contributed by atoms with Crippen molar-refractivity contribution < 1.29 is 5.21 Å². The molecule has 25 heavy (non-hydrogen) atoms. The maximum Gasteiger partial charge on any atom is 0.149 e. The molecule has 0 saturated carbocycles. The van der Waals surface area contributed by atoms with E-state index in [0.29, 0.717) is 12.1 Å². The van der Waals surface area contributed by atoms with Crippen molar-refractivity contribution in [1.29, 1.82) is 5.41 Å². The highest BCUT2D eigenvalue weighted by Crippen LogP contribution is 2.27. The molecular weight excluding hydrogens is 314 g/mol. The second-order valence-electron chi connectivity index (χ2n) is 6.32. The van der Waals surface area contributed by atoms with Crippen molar-refractivity contribution in [2.75, 3.05) is 5.32 Å². The zero-order valence-electron chi connectivity index (χ0n) is 14.9. The number of anilines is 1. The zero-order valence-corrected chi connectivity index (χ0v) is 14.9. The molecule has 130 valence electrons. The van der Waals surface area contributed by atoms with Crippen LogP contribution in [0.2, 0.25) is 0 Å². The zero-order chi connectivity index (χ0) is 18.1. The van der Waals surface area contributed by atoms with E-state index in [-0.39, 0.29) is 5.84 Å². The van der Waals surface area contributed by atoms with Crippen molar-refractivity contribution >= 4 is 22.6 Å². The molecule has 0 radical (unpaired) electrons. The third kappa shape index (κ3) is 3.08. The van der Waals surface area contributed by atoms with Crippen molar-refractivity contribution in [1.82, 2.24) is 15.0 Å². The van der Waals surface area contributed by atoms with Crippen LogP contribution in [0.25, 0.3) is 11.0 Å². The molecule has 1 aromatic heterocycles. The number of nitrogens with zero attached hydrogens (tertiary/aromatic N) is 2. The molecule has 3 aromatic rings. The van der Waals surface area contributed by atoms with Crippen molar-refractivity contribution in [3.63, 3.8) is 0 Å². The van der Waals surface area contributed by atoms with Gasteiger partial charge in [0.15, 0.2) is 0 Å². The molecule has 0 amide bonds. The Hall–Kier alpha value is -2.86. The third-order valence-electron chi connectivity index (χ3n) is 4.71. The quantitative estimate of drug-likeness (QED) is 0.334. The normalized spacial score (nSPS) is 10.9. The molecule has 0 aliphatic rings. The molecule has 0 fully saturated rings.